The predicted octanol–water partition coefficient (Wildman–Crippen LogP) is 7.67. The number of rotatable bonds is 9. The second-order valence-electron chi connectivity index (χ2n) is 6.36. The number of aryl methyl sites for hydroxylation is 1. The van der Waals surface area contributed by atoms with Crippen molar-refractivity contribution in [2.45, 2.75) is 53.4 Å². The van der Waals surface area contributed by atoms with Gasteiger partial charge in [-0.2, -0.15) is 0 Å². The molecule has 0 bridgehead atoms. The molecule has 1 aromatic rings. The van der Waals surface area contributed by atoms with Crippen molar-refractivity contribution < 1.29 is 4.39 Å². The van der Waals surface area contributed by atoms with E-state index in [2.05, 4.69) is 58.2 Å². The highest BCUT2D eigenvalue weighted by molar-refractivity contribution is 5.79. The Morgan fingerprint density at radius 1 is 1.16 bits per heavy atom. The molecule has 1 rings (SSSR count). The minimum absolute atomic E-state index is 0.243. The van der Waals surface area contributed by atoms with Gasteiger partial charge in [0.05, 0.1) is 0 Å². The van der Waals surface area contributed by atoms with Crippen molar-refractivity contribution in [3.63, 3.8) is 0 Å². The lowest BCUT2D eigenvalue weighted by Gasteiger charge is -2.15. The summed E-state index contributed by atoms with van der Waals surface area (Å²) in [5, 5.41) is 0. The van der Waals surface area contributed by atoms with Gasteiger partial charge in [0.1, 0.15) is 5.83 Å². The van der Waals surface area contributed by atoms with Gasteiger partial charge in [-0.05, 0) is 67.0 Å². The van der Waals surface area contributed by atoms with E-state index in [9.17, 15) is 4.39 Å². The molecule has 0 saturated carbocycles. The van der Waals surface area contributed by atoms with Crippen molar-refractivity contribution in [2.75, 3.05) is 0 Å². The molecule has 0 aliphatic carbocycles. The monoisotopic (exact) mass is 338 g/mol. The second kappa shape index (κ2) is 10.7. The Kier molecular flexibility index (Phi) is 8.91. The smallest absolute Gasteiger partial charge is 0.118 e. The molecule has 0 heterocycles. The first-order valence-corrected chi connectivity index (χ1v) is 9.08. The van der Waals surface area contributed by atoms with Gasteiger partial charge in [-0.25, -0.2) is 4.39 Å². The molecule has 0 nitrogen and oxygen atoms in total. The zero-order valence-corrected chi connectivity index (χ0v) is 16.2. The topological polar surface area (TPSA) is 0 Å². The van der Waals surface area contributed by atoms with Gasteiger partial charge in [0.15, 0.2) is 0 Å². The van der Waals surface area contributed by atoms with Crippen LogP contribution in [-0.4, -0.2) is 0 Å². The summed E-state index contributed by atoms with van der Waals surface area (Å²) in [4.78, 5) is 0. The first-order chi connectivity index (χ1) is 11.9. The van der Waals surface area contributed by atoms with Gasteiger partial charge in [-0.3, -0.25) is 0 Å². The zero-order chi connectivity index (χ0) is 18.8. The SMILES string of the molecule is C=C(/C=C\C(F)=C/C)Cc1ccc(C)c(C(=C)/C(=C/CC)CCC)c1. The van der Waals surface area contributed by atoms with Gasteiger partial charge in [-0.1, -0.05) is 75.4 Å². The minimum Gasteiger partial charge on any atom is -0.207 e. The lowest BCUT2D eigenvalue weighted by atomic mass is 9.90. The number of hydrogen-bond donors (Lipinski definition) is 0. The van der Waals surface area contributed by atoms with E-state index in [-0.39, 0.29) is 5.83 Å². The Bertz CT molecular complexity index is 699. The number of halogens is 1. The summed E-state index contributed by atoms with van der Waals surface area (Å²) in [6.07, 6.45) is 10.8. The van der Waals surface area contributed by atoms with Crippen LogP contribution in [0.5, 0.6) is 0 Å². The van der Waals surface area contributed by atoms with Crippen LogP contribution in [0, 0.1) is 6.92 Å². The lowest BCUT2D eigenvalue weighted by Crippen LogP contribution is -1.96. The third-order valence-electron chi connectivity index (χ3n) is 4.17. The molecule has 0 aliphatic heterocycles. The normalized spacial score (nSPS) is 12.7. The van der Waals surface area contributed by atoms with Crippen LogP contribution in [0.25, 0.3) is 5.57 Å². The summed E-state index contributed by atoms with van der Waals surface area (Å²) in [5.74, 6) is -0.243. The highest BCUT2D eigenvalue weighted by atomic mass is 19.1. The standard InChI is InChI=1S/C24H31F/c1-7-10-22(11-8-2)20(6)24-17-21(14-13-19(24)5)16-18(4)12-15-23(25)9-3/h9-10,12-15,17H,4,6-8,11,16H2,1-3,5H3/b15-12-,22-10+,23-9+. The summed E-state index contributed by atoms with van der Waals surface area (Å²) < 4.78 is 13.2. The molecule has 0 atom stereocenters. The van der Waals surface area contributed by atoms with Crippen molar-refractivity contribution in [3.05, 3.63) is 89.3 Å². The highest BCUT2D eigenvalue weighted by Crippen LogP contribution is 2.29. The van der Waals surface area contributed by atoms with E-state index < -0.39 is 0 Å². The van der Waals surface area contributed by atoms with Gasteiger partial charge >= 0.3 is 0 Å². The maximum atomic E-state index is 13.2. The molecule has 0 fully saturated rings. The van der Waals surface area contributed by atoms with Crippen LogP contribution >= 0.6 is 0 Å². The molecule has 0 aromatic heterocycles. The van der Waals surface area contributed by atoms with E-state index in [1.54, 1.807) is 13.0 Å². The second-order valence-corrected chi connectivity index (χ2v) is 6.36. The summed E-state index contributed by atoms with van der Waals surface area (Å²) in [6.45, 7) is 16.5. The van der Waals surface area contributed by atoms with Crippen molar-refractivity contribution in [1.82, 2.24) is 0 Å². The first kappa shape index (κ1) is 20.9. The zero-order valence-electron chi connectivity index (χ0n) is 16.2. The molecule has 25 heavy (non-hydrogen) atoms. The van der Waals surface area contributed by atoms with Crippen LogP contribution < -0.4 is 0 Å². The number of allylic oxidation sites excluding steroid dienone is 8. The fraction of sp³-hybridized carbons (Fsp3) is 0.333. The fourth-order valence-electron chi connectivity index (χ4n) is 2.78. The molecule has 0 spiro atoms. The average molecular weight is 339 g/mol. The third-order valence-corrected chi connectivity index (χ3v) is 4.17. The van der Waals surface area contributed by atoms with Gasteiger partial charge in [0.25, 0.3) is 0 Å². The number of benzene rings is 1. The summed E-state index contributed by atoms with van der Waals surface area (Å²) >= 11 is 0. The summed E-state index contributed by atoms with van der Waals surface area (Å²) in [5.41, 5.74) is 6.93. The van der Waals surface area contributed by atoms with Crippen LogP contribution in [0.15, 0.2) is 72.6 Å². The Labute approximate surface area is 153 Å². The summed E-state index contributed by atoms with van der Waals surface area (Å²) in [6, 6.07) is 6.44. The van der Waals surface area contributed by atoms with Crippen LogP contribution in [-0.2, 0) is 6.42 Å². The largest absolute Gasteiger partial charge is 0.207 e. The van der Waals surface area contributed by atoms with Crippen LogP contribution in [0.2, 0.25) is 0 Å². The van der Waals surface area contributed by atoms with Crippen LogP contribution in [0.1, 0.15) is 56.7 Å². The predicted molar refractivity (Wildman–Crippen MR) is 110 cm³/mol. The molecule has 1 heteroatoms. The maximum absolute atomic E-state index is 13.2. The maximum Gasteiger partial charge on any atom is 0.118 e. The van der Waals surface area contributed by atoms with Crippen molar-refractivity contribution in [3.8, 4) is 0 Å². The van der Waals surface area contributed by atoms with Crippen LogP contribution in [0.3, 0.4) is 0 Å². The Balaban J connectivity index is 3.03. The Morgan fingerprint density at radius 2 is 1.88 bits per heavy atom. The molecule has 0 amide bonds. The Morgan fingerprint density at radius 3 is 2.48 bits per heavy atom. The average Bonchev–Trinajstić information content (AvgIpc) is 2.60. The molecule has 0 saturated heterocycles. The molecule has 134 valence electrons. The van der Waals surface area contributed by atoms with E-state index in [1.165, 1.54) is 34.4 Å². The number of hydrogen-bond acceptors (Lipinski definition) is 0. The summed E-state index contributed by atoms with van der Waals surface area (Å²) in [7, 11) is 0. The minimum atomic E-state index is -0.243. The van der Waals surface area contributed by atoms with Crippen molar-refractivity contribution in [2.24, 2.45) is 0 Å². The molecular formula is C24H31F. The molecule has 1 aromatic carbocycles. The van der Waals surface area contributed by atoms with Crippen LogP contribution in [0.4, 0.5) is 4.39 Å². The third kappa shape index (κ3) is 6.70. The van der Waals surface area contributed by atoms with Crippen molar-refractivity contribution >= 4 is 5.57 Å². The lowest BCUT2D eigenvalue weighted by molar-refractivity contribution is 0.664. The molecule has 0 N–H and O–H groups in total. The van der Waals surface area contributed by atoms with Gasteiger partial charge in [0, 0.05) is 0 Å². The molecule has 0 unspecified atom stereocenters. The Hall–Kier alpha value is -2.15. The van der Waals surface area contributed by atoms with E-state index in [0.717, 1.165) is 30.4 Å². The van der Waals surface area contributed by atoms with E-state index in [0.29, 0.717) is 6.42 Å². The van der Waals surface area contributed by atoms with E-state index >= 15 is 0 Å². The van der Waals surface area contributed by atoms with Gasteiger partial charge in [-0.15, -0.1) is 0 Å². The fourth-order valence-corrected chi connectivity index (χ4v) is 2.78. The quantitative estimate of drug-likeness (QED) is 0.405. The van der Waals surface area contributed by atoms with Gasteiger partial charge < -0.3 is 0 Å². The molecular weight excluding hydrogens is 307 g/mol. The van der Waals surface area contributed by atoms with Crippen molar-refractivity contribution in [1.29, 1.82) is 0 Å². The highest BCUT2D eigenvalue weighted by Gasteiger charge is 2.09. The van der Waals surface area contributed by atoms with Gasteiger partial charge in [0.2, 0.25) is 0 Å². The first-order valence-electron chi connectivity index (χ1n) is 9.08. The molecule has 0 radical (unpaired) electrons. The van der Waals surface area contributed by atoms with E-state index in [1.807, 2.05) is 0 Å². The molecule has 0 aliphatic rings. The van der Waals surface area contributed by atoms with E-state index in [4.69, 9.17) is 0 Å².